The predicted octanol–water partition coefficient (Wildman–Crippen LogP) is 9.85. The molecule has 20 heteroatoms. The van der Waals surface area contributed by atoms with E-state index in [1.165, 1.54) is 83.3 Å². The van der Waals surface area contributed by atoms with Crippen LogP contribution in [0.1, 0.15) is 92.2 Å². The topological polar surface area (TPSA) is 214 Å². The zero-order chi connectivity index (χ0) is 65.1. The van der Waals surface area contributed by atoms with Crippen molar-refractivity contribution < 1.29 is 52.5 Å². The molecule has 0 amide bonds. The monoisotopic (exact) mass is 1280 g/mol. The molecule has 3 fully saturated rings. The van der Waals surface area contributed by atoms with E-state index >= 15 is 0 Å². The zero-order valence-corrected chi connectivity index (χ0v) is 55.3. The molecule has 3 saturated heterocycles. The number of carboxylic acid groups (broad SMARTS) is 1. The van der Waals surface area contributed by atoms with Crippen LogP contribution in [-0.4, -0.2) is 182 Å². The smallest absolute Gasteiger partial charge is 0.300 e. The fourth-order valence-electron chi connectivity index (χ4n) is 14.2. The number of aromatic nitrogens is 3. The van der Waals surface area contributed by atoms with Gasteiger partial charge in [0.25, 0.3) is 5.97 Å². The van der Waals surface area contributed by atoms with Crippen LogP contribution in [0, 0.1) is 0 Å². The fraction of sp³-hybridized carbons (Fsp3) is 0.419. The van der Waals surface area contributed by atoms with Crippen LogP contribution in [-0.2, 0) is 57.9 Å². The lowest BCUT2D eigenvalue weighted by Gasteiger charge is -2.29. The molecule has 3 unspecified atom stereocenters. The first-order chi connectivity index (χ1) is 46.0. The Bertz CT molecular complexity index is 3630. The molecule has 6 aliphatic heterocycles. The van der Waals surface area contributed by atoms with E-state index in [4.69, 9.17) is 52.5 Å². The van der Waals surface area contributed by atoms with Crippen LogP contribution in [0.3, 0.4) is 0 Å². The molecule has 0 bridgehead atoms. The molecular weight excluding hydrogens is 1190 g/mol. The minimum Gasteiger partial charge on any atom is -0.497 e. The Morgan fingerprint density at radius 1 is 0.415 bits per heavy atom. The highest BCUT2D eigenvalue weighted by Gasteiger charge is 2.30. The second-order valence-corrected chi connectivity index (χ2v) is 24.6. The Kier molecular flexibility index (Phi) is 21.7. The Morgan fingerprint density at radius 3 is 0.947 bits per heavy atom. The molecule has 15 rings (SSSR count). The molecule has 6 aliphatic rings. The van der Waals surface area contributed by atoms with Crippen LogP contribution in [0.5, 0.6) is 34.5 Å². The number of morpholine rings is 3. The van der Waals surface area contributed by atoms with Crippen LogP contribution < -0.4 is 44.4 Å². The number of aromatic amines is 3. The number of hydrogen-bond acceptors (Lipinski definition) is 16. The third-order valence-electron chi connectivity index (χ3n) is 18.9. The van der Waals surface area contributed by atoms with E-state index in [0.29, 0.717) is 0 Å². The number of benzene rings is 6. The molecule has 94 heavy (non-hydrogen) atoms. The van der Waals surface area contributed by atoms with Gasteiger partial charge in [-0.25, -0.2) is 0 Å². The SMILES string of the molecule is CC(=O)O.COc1ccc2[nH]c3c(c2c1)CCNC3c1ccc(OC)c(CN2CCOCC2)c1.COc1ccc2[nH]c3c(c2c1)CCNC3c1ccc(OC)c(CN2CCOCC2)c1.COc1ccc2[nH]c3c(c2c1)CCNC3c1ccc(OC)c(CN2CCOCC2)c1. The van der Waals surface area contributed by atoms with E-state index in [1.54, 1.807) is 42.7 Å². The highest BCUT2D eigenvalue weighted by atomic mass is 16.5. The Hall–Kier alpha value is -8.15. The van der Waals surface area contributed by atoms with Crippen molar-refractivity contribution in [1.29, 1.82) is 0 Å². The second kappa shape index (κ2) is 30.9. The van der Waals surface area contributed by atoms with Gasteiger partial charge in [-0.05, 0) is 144 Å². The number of aliphatic carboxylic acids is 1. The Morgan fingerprint density at radius 2 is 0.691 bits per heavy atom. The van der Waals surface area contributed by atoms with Gasteiger partial charge in [0.2, 0.25) is 0 Å². The summed E-state index contributed by atoms with van der Waals surface area (Å²) in [5.41, 5.74) is 18.9. The van der Waals surface area contributed by atoms with Gasteiger partial charge in [0.05, 0.1) is 100 Å². The second-order valence-electron chi connectivity index (χ2n) is 24.6. The molecule has 6 aromatic carbocycles. The maximum atomic E-state index is 9.00. The largest absolute Gasteiger partial charge is 0.497 e. The van der Waals surface area contributed by atoms with Crippen molar-refractivity contribution in [2.75, 3.05) is 141 Å². The molecule has 0 saturated carbocycles. The zero-order valence-electron chi connectivity index (χ0n) is 55.3. The van der Waals surface area contributed by atoms with E-state index in [2.05, 4.69) is 137 Å². The molecule has 498 valence electrons. The van der Waals surface area contributed by atoms with Gasteiger partial charge < -0.3 is 78.6 Å². The summed E-state index contributed by atoms with van der Waals surface area (Å²) < 4.78 is 49.9. The Balaban J connectivity index is 0.000000131. The maximum Gasteiger partial charge on any atom is 0.300 e. The highest BCUT2D eigenvalue weighted by Crippen LogP contribution is 2.40. The molecule has 20 nitrogen and oxygen atoms in total. The van der Waals surface area contributed by atoms with Crippen molar-refractivity contribution in [2.24, 2.45) is 0 Å². The fourth-order valence-corrected chi connectivity index (χ4v) is 14.2. The minimum absolute atomic E-state index is 0.140. The lowest BCUT2D eigenvalue weighted by atomic mass is 9.93. The van der Waals surface area contributed by atoms with Gasteiger partial charge in [0.15, 0.2) is 0 Å². The van der Waals surface area contributed by atoms with E-state index < -0.39 is 5.97 Å². The summed E-state index contributed by atoms with van der Waals surface area (Å²) in [5.74, 6) is 4.71. The number of fused-ring (bicyclic) bond motifs is 9. The summed E-state index contributed by atoms with van der Waals surface area (Å²) >= 11 is 0. The molecule has 0 aliphatic carbocycles. The number of nitrogens with one attached hydrogen (secondary N) is 6. The molecule has 0 spiro atoms. The van der Waals surface area contributed by atoms with Gasteiger partial charge in [-0.2, -0.15) is 0 Å². The first-order valence-electron chi connectivity index (χ1n) is 32.9. The predicted molar refractivity (Wildman–Crippen MR) is 366 cm³/mol. The lowest BCUT2D eigenvalue weighted by Crippen LogP contribution is -2.36. The summed E-state index contributed by atoms with van der Waals surface area (Å²) in [7, 11) is 10.4. The average molecular weight is 1280 g/mol. The molecule has 0 radical (unpaired) electrons. The standard InChI is InChI=1S/3C24H29N3O3.C2H4O2/c3*1-28-18-4-5-21-20(14-18)19-7-8-25-23(24(19)26-21)16-3-6-22(29-2)17(13-16)15-27-9-11-30-12-10-27;1-2(3)4/h3*3-6,13-14,23,25-26H,7-12,15H2,1-2H3;1H3,(H,3,4). The van der Waals surface area contributed by atoms with Gasteiger partial charge in [-0.1, -0.05) is 18.2 Å². The first-order valence-corrected chi connectivity index (χ1v) is 32.9. The van der Waals surface area contributed by atoms with E-state index in [1.807, 2.05) is 18.2 Å². The summed E-state index contributed by atoms with van der Waals surface area (Å²) in [6.07, 6.45) is 3.03. The first kappa shape index (κ1) is 65.9. The molecule has 7 N–H and O–H groups in total. The number of hydrogen-bond donors (Lipinski definition) is 7. The number of ether oxygens (including phenoxy) is 9. The average Bonchev–Trinajstić information content (AvgIpc) is 1.62. The molecule has 9 heterocycles. The lowest BCUT2D eigenvalue weighted by molar-refractivity contribution is -0.134. The molecule has 3 atom stereocenters. The minimum atomic E-state index is -0.833. The van der Waals surface area contributed by atoms with Crippen molar-refractivity contribution >= 4 is 38.7 Å². The van der Waals surface area contributed by atoms with Crippen molar-refractivity contribution in [3.8, 4) is 34.5 Å². The van der Waals surface area contributed by atoms with Gasteiger partial charge in [-0.15, -0.1) is 0 Å². The summed E-state index contributed by atoms with van der Waals surface area (Å²) in [6.45, 7) is 17.1. The molecule has 9 aromatic rings. The number of methoxy groups -OCH3 is 6. The van der Waals surface area contributed by atoms with Gasteiger partial charge >= 0.3 is 0 Å². The quantitative estimate of drug-likeness (QED) is 0.0509. The normalized spacial score (nSPS) is 19.0. The van der Waals surface area contributed by atoms with Crippen molar-refractivity contribution in [3.05, 3.63) is 176 Å². The van der Waals surface area contributed by atoms with Crippen molar-refractivity contribution in [2.45, 2.75) is 63.9 Å². The van der Waals surface area contributed by atoms with Crippen molar-refractivity contribution in [3.63, 3.8) is 0 Å². The summed E-state index contributed by atoms with van der Waals surface area (Å²) in [6, 6.07) is 39.0. The third-order valence-corrected chi connectivity index (χ3v) is 18.9. The van der Waals surface area contributed by atoms with Gasteiger partial charge in [-0.3, -0.25) is 19.5 Å². The van der Waals surface area contributed by atoms with Gasteiger partial charge in [0.1, 0.15) is 34.5 Å². The van der Waals surface area contributed by atoms with Crippen LogP contribution in [0.15, 0.2) is 109 Å². The highest BCUT2D eigenvalue weighted by molar-refractivity contribution is 5.89. The van der Waals surface area contributed by atoms with E-state index in [-0.39, 0.29) is 18.1 Å². The van der Waals surface area contributed by atoms with Crippen LogP contribution >= 0.6 is 0 Å². The van der Waals surface area contributed by atoms with Crippen LogP contribution in [0.25, 0.3) is 32.7 Å². The Labute approximate surface area is 550 Å². The maximum absolute atomic E-state index is 9.00. The number of carboxylic acids is 1. The van der Waals surface area contributed by atoms with E-state index in [9.17, 15) is 0 Å². The number of H-pyrrole nitrogens is 3. The number of nitrogens with zero attached hydrogens (tertiary/aromatic N) is 3. The third kappa shape index (κ3) is 15.0. The number of carbonyl (C=O) groups is 1. The van der Waals surface area contributed by atoms with Crippen LogP contribution in [0.4, 0.5) is 0 Å². The summed E-state index contributed by atoms with van der Waals surface area (Å²) in [4.78, 5) is 27.3. The van der Waals surface area contributed by atoms with E-state index in [0.717, 1.165) is 195 Å². The number of rotatable bonds is 15. The van der Waals surface area contributed by atoms with Crippen molar-refractivity contribution in [1.82, 2.24) is 45.6 Å². The summed E-state index contributed by atoms with van der Waals surface area (Å²) in [5, 5.41) is 22.3. The van der Waals surface area contributed by atoms with Gasteiger partial charge in [0, 0.05) is 152 Å². The molecular formula is C74H91N9O11. The molecule has 3 aromatic heterocycles. The van der Waals surface area contributed by atoms with Crippen LogP contribution in [0.2, 0.25) is 0 Å².